The van der Waals surface area contributed by atoms with Gasteiger partial charge in [0.25, 0.3) is 0 Å². The summed E-state index contributed by atoms with van der Waals surface area (Å²) in [4.78, 5) is 2.33. The highest BCUT2D eigenvalue weighted by Gasteiger charge is 2.21. The molecule has 4 heteroatoms. The van der Waals surface area contributed by atoms with Gasteiger partial charge >= 0.3 is 0 Å². The molecule has 0 aromatic heterocycles. The van der Waals surface area contributed by atoms with E-state index in [1.807, 2.05) is 18.2 Å². The molecule has 0 aliphatic carbocycles. The number of rotatable bonds is 2. The SMILES string of the molecule is COc1cc(N2C[C@@H](C)N[C@@H](C)C2)ccc1C#N. The summed E-state index contributed by atoms with van der Waals surface area (Å²) in [5.41, 5.74) is 1.70. The Morgan fingerprint density at radius 3 is 2.56 bits per heavy atom. The topological polar surface area (TPSA) is 48.3 Å². The Hall–Kier alpha value is -1.73. The molecule has 0 radical (unpaired) electrons. The van der Waals surface area contributed by atoms with Crippen LogP contribution in [-0.2, 0) is 0 Å². The van der Waals surface area contributed by atoms with Crippen molar-refractivity contribution in [2.75, 3.05) is 25.1 Å². The van der Waals surface area contributed by atoms with Crippen LogP contribution in [0.1, 0.15) is 19.4 Å². The second kappa shape index (κ2) is 5.28. The van der Waals surface area contributed by atoms with Gasteiger partial charge in [-0.2, -0.15) is 5.26 Å². The number of methoxy groups -OCH3 is 1. The maximum absolute atomic E-state index is 8.98. The molecule has 0 unspecified atom stereocenters. The lowest BCUT2D eigenvalue weighted by Gasteiger charge is -2.37. The van der Waals surface area contributed by atoms with Crippen LogP contribution in [-0.4, -0.2) is 32.3 Å². The zero-order valence-corrected chi connectivity index (χ0v) is 11.1. The predicted octanol–water partition coefficient (Wildman–Crippen LogP) is 1.75. The lowest BCUT2D eigenvalue weighted by atomic mass is 10.1. The van der Waals surface area contributed by atoms with Crippen LogP contribution in [0.5, 0.6) is 5.75 Å². The standard InChI is InChI=1S/C14H19N3O/c1-10-8-17(9-11(2)16-10)13-5-4-12(7-15)14(6-13)18-3/h4-6,10-11,16H,8-9H2,1-3H3/t10-,11+. The largest absolute Gasteiger partial charge is 0.495 e. The monoisotopic (exact) mass is 245 g/mol. The van der Waals surface area contributed by atoms with E-state index in [4.69, 9.17) is 10.00 Å². The first-order valence-electron chi connectivity index (χ1n) is 6.23. The van der Waals surface area contributed by atoms with Gasteiger partial charge in [0.05, 0.1) is 12.7 Å². The van der Waals surface area contributed by atoms with Gasteiger partial charge < -0.3 is 15.0 Å². The first-order chi connectivity index (χ1) is 8.63. The van der Waals surface area contributed by atoms with Crippen molar-refractivity contribution in [1.82, 2.24) is 5.32 Å². The third kappa shape index (κ3) is 2.57. The highest BCUT2D eigenvalue weighted by molar-refractivity contribution is 5.57. The molecule has 1 aromatic carbocycles. The second-order valence-electron chi connectivity index (χ2n) is 4.87. The quantitative estimate of drug-likeness (QED) is 0.862. The summed E-state index contributed by atoms with van der Waals surface area (Å²) in [5, 5.41) is 12.5. The zero-order valence-electron chi connectivity index (χ0n) is 11.1. The van der Waals surface area contributed by atoms with Crippen molar-refractivity contribution in [3.63, 3.8) is 0 Å². The molecule has 0 spiro atoms. The van der Waals surface area contributed by atoms with Crippen LogP contribution in [0.15, 0.2) is 18.2 Å². The first kappa shape index (κ1) is 12.7. The molecule has 2 atom stereocenters. The van der Waals surface area contributed by atoms with Gasteiger partial charge in [-0.1, -0.05) is 0 Å². The fourth-order valence-electron chi connectivity index (χ4n) is 2.51. The van der Waals surface area contributed by atoms with Crippen LogP contribution in [0.25, 0.3) is 0 Å². The van der Waals surface area contributed by atoms with Crippen molar-refractivity contribution in [2.24, 2.45) is 0 Å². The number of piperazine rings is 1. The van der Waals surface area contributed by atoms with Gasteiger partial charge in [0.15, 0.2) is 0 Å². The molecule has 1 fully saturated rings. The van der Waals surface area contributed by atoms with Crippen LogP contribution >= 0.6 is 0 Å². The van der Waals surface area contributed by atoms with Gasteiger partial charge in [-0.15, -0.1) is 0 Å². The summed E-state index contributed by atoms with van der Waals surface area (Å²) in [7, 11) is 1.60. The van der Waals surface area contributed by atoms with Crippen LogP contribution in [0.2, 0.25) is 0 Å². The Kier molecular flexibility index (Phi) is 3.73. The maximum Gasteiger partial charge on any atom is 0.138 e. The molecule has 1 saturated heterocycles. The third-order valence-electron chi connectivity index (χ3n) is 3.23. The lowest BCUT2D eigenvalue weighted by molar-refractivity contribution is 0.402. The van der Waals surface area contributed by atoms with E-state index in [1.165, 1.54) is 0 Å². The van der Waals surface area contributed by atoms with E-state index in [0.29, 0.717) is 23.4 Å². The van der Waals surface area contributed by atoms with Crippen molar-refractivity contribution in [1.29, 1.82) is 5.26 Å². The van der Waals surface area contributed by atoms with Gasteiger partial charge in [0, 0.05) is 36.9 Å². The van der Waals surface area contributed by atoms with Crippen LogP contribution < -0.4 is 15.0 Å². The number of hydrogen-bond acceptors (Lipinski definition) is 4. The van der Waals surface area contributed by atoms with E-state index in [-0.39, 0.29) is 0 Å². The van der Waals surface area contributed by atoms with Crippen molar-refractivity contribution >= 4 is 5.69 Å². The Morgan fingerprint density at radius 2 is 2.00 bits per heavy atom. The molecule has 1 aromatic rings. The summed E-state index contributed by atoms with van der Waals surface area (Å²) in [6.45, 7) is 6.31. The minimum atomic E-state index is 0.468. The van der Waals surface area contributed by atoms with Gasteiger partial charge in [-0.3, -0.25) is 0 Å². The Balaban J connectivity index is 2.25. The van der Waals surface area contributed by atoms with E-state index in [1.54, 1.807) is 7.11 Å². The normalized spacial score (nSPS) is 23.6. The molecular formula is C14H19N3O. The number of hydrogen-bond donors (Lipinski definition) is 1. The number of nitrogens with one attached hydrogen (secondary N) is 1. The molecule has 0 saturated carbocycles. The van der Waals surface area contributed by atoms with Crippen molar-refractivity contribution in [2.45, 2.75) is 25.9 Å². The summed E-state index contributed by atoms with van der Waals surface area (Å²) in [6, 6.07) is 8.84. The summed E-state index contributed by atoms with van der Waals surface area (Å²) in [5.74, 6) is 0.647. The summed E-state index contributed by atoms with van der Waals surface area (Å²) >= 11 is 0. The smallest absolute Gasteiger partial charge is 0.138 e. The third-order valence-corrected chi connectivity index (χ3v) is 3.23. The van der Waals surface area contributed by atoms with E-state index in [2.05, 4.69) is 30.1 Å². The highest BCUT2D eigenvalue weighted by atomic mass is 16.5. The van der Waals surface area contributed by atoms with Gasteiger partial charge in [0.1, 0.15) is 11.8 Å². The summed E-state index contributed by atoms with van der Waals surface area (Å²) in [6.07, 6.45) is 0. The molecule has 2 rings (SSSR count). The predicted molar refractivity (Wildman–Crippen MR) is 72.0 cm³/mol. The number of nitrogens with zero attached hydrogens (tertiary/aromatic N) is 2. The molecule has 0 amide bonds. The number of nitriles is 1. The van der Waals surface area contributed by atoms with E-state index >= 15 is 0 Å². The minimum Gasteiger partial charge on any atom is -0.495 e. The van der Waals surface area contributed by atoms with Crippen molar-refractivity contribution < 1.29 is 4.74 Å². The zero-order chi connectivity index (χ0) is 13.1. The van der Waals surface area contributed by atoms with E-state index in [0.717, 1.165) is 18.8 Å². The molecule has 4 nitrogen and oxygen atoms in total. The number of anilines is 1. The molecule has 1 aliphatic heterocycles. The Labute approximate surface area is 108 Å². The first-order valence-corrected chi connectivity index (χ1v) is 6.23. The van der Waals surface area contributed by atoms with Crippen LogP contribution in [0, 0.1) is 11.3 Å². The fourth-order valence-corrected chi connectivity index (χ4v) is 2.51. The van der Waals surface area contributed by atoms with E-state index in [9.17, 15) is 0 Å². The van der Waals surface area contributed by atoms with Gasteiger partial charge in [-0.05, 0) is 26.0 Å². The Morgan fingerprint density at radius 1 is 1.33 bits per heavy atom. The van der Waals surface area contributed by atoms with Crippen molar-refractivity contribution in [3.8, 4) is 11.8 Å². The number of ether oxygens (including phenoxy) is 1. The molecular weight excluding hydrogens is 226 g/mol. The average molecular weight is 245 g/mol. The Bertz CT molecular complexity index is 457. The molecule has 1 heterocycles. The molecule has 1 aliphatic rings. The summed E-state index contributed by atoms with van der Waals surface area (Å²) < 4.78 is 5.26. The van der Waals surface area contributed by atoms with E-state index < -0.39 is 0 Å². The fraction of sp³-hybridized carbons (Fsp3) is 0.500. The van der Waals surface area contributed by atoms with Gasteiger partial charge in [0.2, 0.25) is 0 Å². The van der Waals surface area contributed by atoms with Crippen LogP contribution in [0.4, 0.5) is 5.69 Å². The lowest BCUT2D eigenvalue weighted by Crippen LogP contribution is -2.54. The number of benzene rings is 1. The minimum absolute atomic E-state index is 0.468. The second-order valence-corrected chi connectivity index (χ2v) is 4.87. The van der Waals surface area contributed by atoms with Gasteiger partial charge in [-0.25, -0.2) is 0 Å². The maximum atomic E-state index is 8.98. The van der Waals surface area contributed by atoms with Crippen LogP contribution in [0.3, 0.4) is 0 Å². The van der Waals surface area contributed by atoms with Crippen molar-refractivity contribution in [3.05, 3.63) is 23.8 Å². The average Bonchev–Trinajstić information content (AvgIpc) is 2.36. The molecule has 96 valence electrons. The molecule has 0 bridgehead atoms. The molecule has 18 heavy (non-hydrogen) atoms. The highest BCUT2D eigenvalue weighted by Crippen LogP contribution is 2.26. The molecule has 1 N–H and O–H groups in total.